The highest BCUT2D eigenvalue weighted by Gasteiger charge is 2.32. The van der Waals surface area contributed by atoms with Crippen molar-refractivity contribution < 1.29 is 23.9 Å². The Balaban J connectivity index is 2.58. The van der Waals surface area contributed by atoms with Crippen LogP contribution in [0, 0.1) is 13.7 Å². The summed E-state index contributed by atoms with van der Waals surface area (Å²) in [6, 6.07) is 8.30. The molecule has 2 aromatic carbocycles. The third-order valence-corrected chi connectivity index (χ3v) is 3.98. The lowest BCUT2D eigenvalue weighted by Crippen LogP contribution is -2.15. The molecule has 0 saturated carbocycles. The molecule has 0 aromatic heterocycles. The van der Waals surface area contributed by atoms with Crippen molar-refractivity contribution in [1.82, 2.24) is 0 Å². The number of carbonyl (C=O) groups is 1. The van der Waals surface area contributed by atoms with E-state index in [0.717, 1.165) is 3.57 Å². The summed E-state index contributed by atoms with van der Waals surface area (Å²) in [5, 5.41) is 14.2. The molecule has 2 aromatic rings. The number of nitro benzene ring substituents is 1. The lowest BCUT2D eigenvalue weighted by Gasteiger charge is -2.15. The van der Waals surface area contributed by atoms with E-state index in [4.69, 9.17) is 14.2 Å². The highest BCUT2D eigenvalue weighted by molar-refractivity contribution is 14.1. The van der Waals surface area contributed by atoms with Gasteiger partial charge in [0.2, 0.25) is 11.5 Å². The SMILES string of the molecule is COc1cc(C(=O)Nc2cccc(I)c2)c([N+](=O)[O-])c(OC)c1OC. The van der Waals surface area contributed by atoms with Crippen molar-refractivity contribution >= 4 is 39.9 Å². The maximum absolute atomic E-state index is 12.6. The lowest BCUT2D eigenvalue weighted by molar-refractivity contribution is -0.386. The largest absolute Gasteiger partial charge is 0.493 e. The summed E-state index contributed by atoms with van der Waals surface area (Å²) in [6.07, 6.45) is 0. The van der Waals surface area contributed by atoms with Gasteiger partial charge in [0.05, 0.1) is 26.3 Å². The standard InChI is InChI=1S/C16H15IN2O6/c1-23-12-8-11(13(19(21)22)15(25-3)14(12)24-2)16(20)18-10-6-4-5-9(17)7-10/h4-8H,1-3H3,(H,18,20). The van der Waals surface area contributed by atoms with E-state index < -0.39 is 16.5 Å². The van der Waals surface area contributed by atoms with Gasteiger partial charge in [0, 0.05) is 15.3 Å². The van der Waals surface area contributed by atoms with Crippen molar-refractivity contribution in [3.05, 3.63) is 49.6 Å². The zero-order valence-corrected chi connectivity index (χ0v) is 15.8. The Morgan fingerprint density at radius 1 is 1.12 bits per heavy atom. The number of anilines is 1. The van der Waals surface area contributed by atoms with E-state index in [9.17, 15) is 14.9 Å². The van der Waals surface area contributed by atoms with Crippen molar-refractivity contribution in [3.8, 4) is 17.2 Å². The van der Waals surface area contributed by atoms with Gasteiger partial charge in [-0.3, -0.25) is 14.9 Å². The number of nitrogens with zero attached hydrogens (tertiary/aromatic N) is 1. The molecule has 0 atom stereocenters. The number of rotatable bonds is 6. The summed E-state index contributed by atoms with van der Waals surface area (Å²) in [7, 11) is 3.95. The highest BCUT2D eigenvalue weighted by Crippen LogP contribution is 2.46. The fraction of sp³-hybridized carbons (Fsp3) is 0.188. The quantitative estimate of drug-likeness (QED) is 0.404. The molecule has 0 saturated heterocycles. The normalized spacial score (nSPS) is 10.1. The predicted octanol–water partition coefficient (Wildman–Crippen LogP) is 3.48. The van der Waals surface area contributed by atoms with Crippen LogP contribution < -0.4 is 19.5 Å². The first-order valence-electron chi connectivity index (χ1n) is 6.97. The van der Waals surface area contributed by atoms with Crippen molar-refractivity contribution in [3.63, 3.8) is 0 Å². The predicted molar refractivity (Wildman–Crippen MR) is 99.9 cm³/mol. The van der Waals surface area contributed by atoms with Crippen LogP contribution in [0.5, 0.6) is 17.2 Å². The van der Waals surface area contributed by atoms with Crippen LogP contribution in [-0.4, -0.2) is 32.2 Å². The van der Waals surface area contributed by atoms with Gasteiger partial charge in [-0.05, 0) is 40.8 Å². The van der Waals surface area contributed by atoms with Gasteiger partial charge >= 0.3 is 5.69 Å². The second kappa shape index (κ2) is 8.01. The van der Waals surface area contributed by atoms with Gasteiger partial charge in [0.15, 0.2) is 5.75 Å². The topological polar surface area (TPSA) is 99.9 Å². The molecule has 9 heteroatoms. The number of nitrogens with one attached hydrogen (secondary N) is 1. The smallest absolute Gasteiger partial charge is 0.327 e. The number of hydrogen-bond acceptors (Lipinski definition) is 6. The molecular weight excluding hydrogens is 443 g/mol. The number of methoxy groups -OCH3 is 3. The van der Waals surface area contributed by atoms with E-state index in [1.54, 1.807) is 18.2 Å². The molecule has 1 N–H and O–H groups in total. The second-order valence-electron chi connectivity index (χ2n) is 4.76. The van der Waals surface area contributed by atoms with Crippen LogP contribution in [0.1, 0.15) is 10.4 Å². The fourth-order valence-electron chi connectivity index (χ4n) is 2.26. The maximum Gasteiger partial charge on any atom is 0.327 e. The minimum Gasteiger partial charge on any atom is -0.493 e. The van der Waals surface area contributed by atoms with Crippen LogP contribution >= 0.6 is 22.6 Å². The number of amides is 1. The average Bonchev–Trinajstić information content (AvgIpc) is 2.59. The number of benzene rings is 2. The van der Waals surface area contributed by atoms with Crippen LogP contribution in [0.3, 0.4) is 0 Å². The number of halogens is 1. The Kier molecular flexibility index (Phi) is 6.02. The van der Waals surface area contributed by atoms with E-state index >= 15 is 0 Å². The Hall–Kier alpha value is -2.56. The molecule has 25 heavy (non-hydrogen) atoms. The van der Waals surface area contributed by atoms with Gasteiger partial charge in [0.25, 0.3) is 5.91 Å². The molecule has 132 valence electrons. The number of ether oxygens (including phenoxy) is 3. The summed E-state index contributed by atoms with van der Waals surface area (Å²) in [5.74, 6) is -0.646. The van der Waals surface area contributed by atoms with Crippen molar-refractivity contribution in [2.75, 3.05) is 26.6 Å². The number of hydrogen-bond donors (Lipinski definition) is 1. The Bertz CT molecular complexity index is 825. The third-order valence-electron chi connectivity index (χ3n) is 3.31. The first kappa shape index (κ1) is 18.8. The molecule has 0 fully saturated rings. The molecule has 0 heterocycles. The second-order valence-corrected chi connectivity index (χ2v) is 6.01. The van der Waals surface area contributed by atoms with Crippen LogP contribution in [0.4, 0.5) is 11.4 Å². The van der Waals surface area contributed by atoms with Gasteiger partial charge in [-0.15, -0.1) is 0 Å². The molecule has 0 aliphatic heterocycles. The van der Waals surface area contributed by atoms with Crippen molar-refractivity contribution in [1.29, 1.82) is 0 Å². The van der Waals surface area contributed by atoms with Crippen LogP contribution in [0.15, 0.2) is 30.3 Å². The van der Waals surface area contributed by atoms with E-state index in [1.165, 1.54) is 27.4 Å². The molecule has 0 aliphatic carbocycles. The lowest BCUT2D eigenvalue weighted by atomic mass is 10.1. The van der Waals surface area contributed by atoms with E-state index in [-0.39, 0.29) is 22.8 Å². The minimum absolute atomic E-state index is 0.0440. The van der Waals surface area contributed by atoms with E-state index in [0.29, 0.717) is 5.69 Å². The molecular formula is C16H15IN2O6. The van der Waals surface area contributed by atoms with E-state index in [1.807, 2.05) is 6.07 Å². The Labute approximate surface area is 157 Å². The molecule has 0 spiro atoms. The molecule has 0 unspecified atom stereocenters. The van der Waals surface area contributed by atoms with Crippen LogP contribution in [0.2, 0.25) is 0 Å². The zero-order chi connectivity index (χ0) is 18.6. The van der Waals surface area contributed by atoms with Crippen LogP contribution in [0.25, 0.3) is 0 Å². The van der Waals surface area contributed by atoms with Crippen LogP contribution in [-0.2, 0) is 0 Å². The third kappa shape index (κ3) is 3.92. The Morgan fingerprint density at radius 3 is 2.32 bits per heavy atom. The average molecular weight is 458 g/mol. The van der Waals surface area contributed by atoms with E-state index in [2.05, 4.69) is 27.9 Å². The van der Waals surface area contributed by atoms with Gasteiger partial charge in [-0.25, -0.2) is 0 Å². The fourth-order valence-corrected chi connectivity index (χ4v) is 2.80. The van der Waals surface area contributed by atoms with Crippen molar-refractivity contribution in [2.45, 2.75) is 0 Å². The summed E-state index contributed by atoms with van der Waals surface area (Å²) >= 11 is 2.10. The summed E-state index contributed by atoms with van der Waals surface area (Å²) < 4.78 is 16.3. The monoisotopic (exact) mass is 458 g/mol. The van der Waals surface area contributed by atoms with Gasteiger partial charge in [0.1, 0.15) is 5.56 Å². The molecule has 0 aliphatic rings. The molecule has 1 amide bonds. The maximum atomic E-state index is 12.6. The summed E-state index contributed by atoms with van der Waals surface area (Å²) in [4.78, 5) is 23.5. The number of nitro groups is 1. The summed E-state index contributed by atoms with van der Waals surface area (Å²) in [6.45, 7) is 0. The number of carbonyl (C=O) groups excluding carboxylic acids is 1. The molecule has 8 nitrogen and oxygen atoms in total. The Morgan fingerprint density at radius 2 is 1.80 bits per heavy atom. The highest BCUT2D eigenvalue weighted by atomic mass is 127. The van der Waals surface area contributed by atoms with Gasteiger partial charge < -0.3 is 19.5 Å². The van der Waals surface area contributed by atoms with Gasteiger partial charge in [-0.1, -0.05) is 6.07 Å². The zero-order valence-electron chi connectivity index (χ0n) is 13.7. The molecule has 0 radical (unpaired) electrons. The minimum atomic E-state index is -0.690. The molecule has 0 bridgehead atoms. The first-order valence-corrected chi connectivity index (χ1v) is 8.05. The van der Waals surface area contributed by atoms with Crippen molar-refractivity contribution in [2.24, 2.45) is 0 Å². The first-order chi connectivity index (χ1) is 11.9. The summed E-state index contributed by atoms with van der Waals surface area (Å²) in [5.41, 5.74) is -0.179. The molecule has 2 rings (SSSR count). The van der Waals surface area contributed by atoms with Gasteiger partial charge in [-0.2, -0.15) is 0 Å².